The maximum atomic E-state index is 5.02. The van der Waals surface area contributed by atoms with Crippen molar-refractivity contribution in [2.24, 2.45) is 0 Å². The second-order valence-electron chi connectivity index (χ2n) is 5.43. The summed E-state index contributed by atoms with van der Waals surface area (Å²) in [4.78, 5) is 6.40. The molecule has 3 heteroatoms. The van der Waals surface area contributed by atoms with Crippen LogP contribution in [0.3, 0.4) is 0 Å². The van der Waals surface area contributed by atoms with E-state index in [0.717, 1.165) is 25.8 Å². The van der Waals surface area contributed by atoms with Crippen LogP contribution in [0.1, 0.15) is 54.8 Å². The maximum absolute atomic E-state index is 5.02. The SMILES string of the molecule is CCc1nc(C(CC)(CC)c2ccccc2)sc1CNC. The van der Waals surface area contributed by atoms with Gasteiger partial charge in [-0.25, -0.2) is 4.98 Å². The Labute approximate surface area is 132 Å². The molecule has 21 heavy (non-hydrogen) atoms. The molecule has 0 bridgehead atoms. The summed E-state index contributed by atoms with van der Waals surface area (Å²) in [5.74, 6) is 0. The molecule has 1 heterocycles. The Morgan fingerprint density at radius 2 is 1.76 bits per heavy atom. The lowest BCUT2D eigenvalue weighted by atomic mass is 9.76. The van der Waals surface area contributed by atoms with Crippen LogP contribution in [0.5, 0.6) is 0 Å². The molecule has 0 saturated heterocycles. The van der Waals surface area contributed by atoms with E-state index in [-0.39, 0.29) is 5.41 Å². The van der Waals surface area contributed by atoms with E-state index in [2.05, 4.69) is 56.4 Å². The number of thiazole rings is 1. The molecule has 0 aliphatic heterocycles. The number of aromatic nitrogens is 1. The summed E-state index contributed by atoms with van der Waals surface area (Å²) in [5, 5.41) is 4.55. The molecule has 2 aromatic rings. The van der Waals surface area contributed by atoms with E-state index >= 15 is 0 Å². The van der Waals surface area contributed by atoms with Gasteiger partial charge in [-0.3, -0.25) is 0 Å². The Bertz CT molecular complexity index is 556. The van der Waals surface area contributed by atoms with E-state index in [4.69, 9.17) is 4.98 Å². The molecule has 1 aromatic heterocycles. The van der Waals surface area contributed by atoms with Crippen molar-refractivity contribution in [3.63, 3.8) is 0 Å². The monoisotopic (exact) mass is 302 g/mol. The van der Waals surface area contributed by atoms with Gasteiger partial charge in [-0.1, -0.05) is 51.1 Å². The summed E-state index contributed by atoms with van der Waals surface area (Å²) in [5.41, 5.74) is 2.70. The zero-order valence-electron chi connectivity index (χ0n) is 13.6. The summed E-state index contributed by atoms with van der Waals surface area (Å²) < 4.78 is 0. The Morgan fingerprint density at radius 3 is 2.29 bits per heavy atom. The summed E-state index contributed by atoms with van der Waals surface area (Å²) in [6, 6.07) is 10.9. The Balaban J connectivity index is 2.53. The molecule has 2 nitrogen and oxygen atoms in total. The highest BCUT2D eigenvalue weighted by molar-refractivity contribution is 7.12. The molecule has 0 fully saturated rings. The van der Waals surface area contributed by atoms with Crippen molar-refractivity contribution in [3.05, 3.63) is 51.5 Å². The zero-order valence-corrected chi connectivity index (χ0v) is 14.4. The van der Waals surface area contributed by atoms with E-state index in [1.165, 1.54) is 21.1 Å². The van der Waals surface area contributed by atoms with Crippen LogP contribution in [-0.4, -0.2) is 12.0 Å². The Kier molecular flexibility index (Phi) is 5.54. The van der Waals surface area contributed by atoms with Crippen molar-refractivity contribution in [1.82, 2.24) is 10.3 Å². The first kappa shape index (κ1) is 16.2. The molecular formula is C18H26N2S. The minimum absolute atomic E-state index is 0.0574. The van der Waals surface area contributed by atoms with Crippen molar-refractivity contribution >= 4 is 11.3 Å². The molecule has 1 aromatic carbocycles. The van der Waals surface area contributed by atoms with Crippen LogP contribution >= 0.6 is 11.3 Å². The first-order valence-electron chi connectivity index (χ1n) is 7.91. The van der Waals surface area contributed by atoms with E-state index < -0.39 is 0 Å². The fraction of sp³-hybridized carbons (Fsp3) is 0.500. The molecule has 0 atom stereocenters. The highest BCUT2D eigenvalue weighted by Crippen LogP contribution is 2.41. The van der Waals surface area contributed by atoms with Crippen molar-refractivity contribution in [1.29, 1.82) is 0 Å². The van der Waals surface area contributed by atoms with Crippen LogP contribution in [0, 0.1) is 0 Å². The van der Waals surface area contributed by atoms with Gasteiger partial charge in [-0.05, 0) is 31.9 Å². The first-order chi connectivity index (χ1) is 10.2. The van der Waals surface area contributed by atoms with Crippen LogP contribution in [0.2, 0.25) is 0 Å². The van der Waals surface area contributed by atoms with Gasteiger partial charge < -0.3 is 5.32 Å². The average Bonchev–Trinajstić information content (AvgIpc) is 2.94. The minimum Gasteiger partial charge on any atom is -0.315 e. The van der Waals surface area contributed by atoms with Gasteiger partial charge in [0.15, 0.2) is 0 Å². The van der Waals surface area contributed by atoms with E-state index in [1.807, 2.05) is 18.4 Å². The maximum Gasteiger partial charge on any atom is 0.104 e. The molecule has 114 valence electrons. The Morgan fingerprint density at radius 1 is 1.10 bits per heavy atom. The lowest BCUT2D eigenvalue weighted by Crippen LogP contribution is -2.25. The second kappa shape index (κ2) is 7.19. The minimum atomic E-state index is 0.0574. The van der Waals surface area contributed by atoms with Crippen LogP contribution in [0.25, 0.3) is 0 Å². The van der Waals surface area contributed by atoms with Crippen LogP contribution in [-0.2, 0) is 18.4 Å². The summed E-state index contributed by atoms with van der Waals surface area (Å²) in [7, 11) is 2.00. The molecular weight excluding hydrogens is 276 g/mol. The van der Waals surface area contributed by atoms with Gasteiger partial charge >= 0.3 is 0 Å². The summed E-state index contributed by atoms with van der Waals surface area (Å²) >= 11 is 1.89. The topological polar surface area (TPSA) is 24.9 Å². The van der Waals surface area contributed by atoms with Gasteiger partial charge in [0, 0.05) is 16.8 Å². The molecule has 0 radical (unpaired) electrons. The molecule has 0 unspecified atom stereocenters. The fourth-order valence-electron chi connectivity index (χ4n) is 3.00. The van der Waals surface area contributed by atoms with Crippen LogP contribution in [0.4, 0.5) is 0 Å². The predicted octanol–water partition coefficient (Wildman–Crippen LogP) is 4.53. The number of hydrogen-bond acceptors (Lipinski definition) is 3. The van der Waals surface area contributed by atoms with Gasteiger partial charge in [-0.15, -0.1) is 11.3 Å². The van der Waals surface area contributed by atoms with E-state index in [9.17, 15) is 0 Å². The number of hydrogen-bond donors (Lipinski definition) is 1. The van der Waals surface area contributed by atoms with Crippen molar-refractivity contribution in [2.45, 2.75) is 52.0 Å². The number of benzene rings is 1. The summed E-state index contributed by atoms with van der Waals surface area (Å²) in [6.45, 7) is 7.67. The van der Waals surface area contributed by atoms with E-state index in [0.29, 0.717) is 0 Å². The third-order valence-corrected chi connectivity index (χ3v) is 5.70. The van der Waals surface area contributed by atoms with Crippen molar-refractivity contribution in [2.75, 3.05) is 7.05 Å². The van der Waals surface area contributed by atoms with Crippen LogP contribution < -0.4 is 5.32 Å². The fourth-order valence-corrected chi connectivity index (χ4v) is 4.52. The molecule has 0 saturated carbocycles. The summed E-state index contributed by atoms with van der Waals surface area (Å²) in [6.07, 6.45) is 3.18. The molecule has 0 spiro atoms. The number of nitrogens with one attached hydrogen (secondary N) is 1. The van der Waals surface area contributed by atoms with Gasteiger partial charge in [-0.2, -0.15) is 0 Å². The largest absolute Gasteiger partial charge is 0.315 e. The molecule has 0 aliphatic rings. The highest BCUT2D eigenvalue weighted by atomic mass is 32.1. The molecule has 0 amide bonds. The van der Waals surface area contributed by atoms with Crippen LogP contribution in [0.15, 0.2) is 30.3 Å². The number of rotatable bonds is 7. The Hall–Kier alpha value is -1.19. The number of aryl methyl sites for hydroxylation is 1. The third-order valence-electron chi connectivity index (χ3n) is 4.39. The second-order valence-corrected chi connectivity index (χ2v) is 6.51. The number of nitrogens with zero attached hydrogens (tertiary/aromatic N) is 1. The molecule has 1 N–H and O–H groups in total. The smallest absolute Gasteiger partial charge is 0.104 e. The van der Waals surface area contributed by atoms with Crippen molar-refractivity contribution < 1.29 is 0 Å². The predicted molar refractivity (Wildman–Crippen MR) is 92.1 cm³/mol. The average molecular weight is 302 g/mol. The lowest BCUT2D eigenvalue weighted by molar-refractivity contribution is 0.474. The molecule has 0 aliphatic carbocycles. The quantitative estimate of drug-likeness (QED) is 0.812. The first-order valence-corrected chi connectivity index (χ1v) is 8.72. The normalized spacial score (nSPS) is 11.8. The lowest BCUT2D eigenvalue weighted by Gasteiger charge is -2.30. The zero-order chi connectivity index (χ0) is 15.3. The third kappa shape index (κ3) is 3.04. The van der Waals surface area contributed by atoms with Gasteiger partial charge in [0.25, 0.3) is 0 Å². The van der Waals surface area contributed by atoms with Gasteiger partial charge in [0.1, 0.15) is 5.01 Å². The highest BCUT2D eigenvalue weighted by Gasteiger charge is 2.34. The van der Waals surface area contributed by atoms with Gasteiger partial charge in [0.05, 0.1) is 5.69 Å². The standard InChI is InChI=1S/C18H26N2S/c1-5-15-16(13-19-4)21-17(20-15)18(6-2,7-3)14-11-9-8-10-12-14/h8-12,19H,5-7,13H2,1-4H3. The van der Waals surface area contributed by atoms with Gasteiger partial charge in [0.2, 0.25) is 0 Å². The van der Waals surface area contributed by atoms with E-state index in [1.54, 1.807) is 0 Å². The van der Waals surface area contributed by atoms with Crippen molar-refractivity contribution in [3.8, 4) is 0 Å². The molecule has 2 rings (SSSR count).